The number of anilines is 1. The van der Waals surface area contributed by atoms with Gasteiger partial charge in [0.05, 0.1) is 6.19 Å². The number of benzene rings is 1. The summed E-state index contributed by atoms with van der Waals surface area (Å²) in [6.07, 6.45) is 0.982. The van der Waals surface area contributed by atoms with Gasteiger partial charge in [-0.3, -0.25) is 4.90 Å². The molecule has 1 aliphatic heterocycles. The summed E-state index contributed by atoms with van der Waals surface area (Å²) in [7, 11) is 0.565. The summed E-state index contributed by atoms with van der Waals surface area (Å²) in [4.78, 5) is 15.0. The fraction of sp³-hybridized carbons (Fsp3) is 0.417. The fourth-order valence-electron chi connectivity index (χ4n) is 2.12. The predicted molar refractivity (Wildman–Crippen MR) is 71.6 cm³/mol. The van der Waals surface area contributed by atoms with Crippen LogP contribution < -0.4 is 5.73 Å². The highest BCUT2D eigenvalue weighted by Gasteiger charge is 2.16. The lowest BCUT2D eigenvalue weighted by molar-refractivity contribution is 0.183. The molecule has 2 N–H and O–H groups in total. The second kappa shape index (κ2) is 5.84. The summed E-state index contributed by atoms with van der Waals surface area (Å²) in [6, 6.07) is 8.04. The molecule has 0 saturated carbocycles. The van der Waals surface area contributed by atoms with Crippen LogP contribution in [0.25, 0.3) is 0 Å². The zero-order chi connectivity index (χ0) is 12.1. The van der Waals surface area contributed by atoms with Gasteiger partial charge in [-0.05, 0) is 17.7 Å². The average molecular weight is 231 g/mol. The molecule has 1 aromatic rings. The third-order valence-corrected chi connectivity index (χ3v) is 3.18. The van der Waals surface area contributed by atoms with E-state index in [4.69, 9.17) is 5.73 Å². The van der Waals surface area contributed by atoms with Crippen molar-refractivity contribution in [2.75, 3.05) is 31.9 Å². The second-order valence-corrected chi connectivity index (χ2v) is 4.49. The summed E-state index contributed by atoms with van der Waals surface area (Å²) in [6.45, 7) is 4.98. The lowest BCUT2D eigenvalue weighted by Crippen LogP contribution is -2.47. The van der Waals surface area contributed by atoms with Gasteiger partial charge in [-0.15, -0.1) is 0 Å². The molecule has 2 rings (SSSR count). The summed E-state index contributed by atoms with van der Waals surface area (Å²) >= 11 is 0. The molecule has 0 unspecified atom stereocenters. The van der Waals surface area contributed by atoms with Crippen LogP contribution in [0.5, 0.6) is 0 Å². The molecule has 1 heterocycles. The van der Waals surface area contributed by atoms with Crippen LogP contribution in [0.1, 0.15) is 5.56 Å². The Hall–Kier alpha value is -1.33. The Bertz CT molecular complexity index is 361. The van der Waals surface area contributed by atoms with Crippen molar-refractivity contribution in [3.63, 3.8) is 0 Å². The standard InChI is InChI=1S/C12H18BN3O/c14-12-3-1-11(2-4-12)9-15-5-7-16(8-6-15)13-10-17/h1-4,10,13H,5-9,14H2. The molecule has 1 aromatic carbocycles. The van der Waals surface area contributed by atoms with Gasteiger partial charge < -0.3 is 15.3 Å². The fourth-order valence-corrected chi connectivity index (χ4v) is 2.12. The molecule has 5 heteroatoms. The smallest absolute Gasteiger partial charge is 0.281 e. The lowest BCUT2D eigenvalue weighted by Gasteiger charge is -2.33. The van der Waals surface area contributed by atoms with E-state index in [1.807, 2.05) is 12.1 Å². The highest BCUT2D eigenvalue weighted by atomic mass is 16.1. The molecular formula is C12H18BN3O. The van der Waals surface area contributed by atoms with E-state index in [9.17, 15) is 4.79 Å². The first kappa shape index (κ1) is 12.1. The van der Waals surface area contributed by atoms with Crippen molar-refractivity contribution in [1.82, 2.24) is 9.71 Å². The third-order valence-electron chi connectivity index (χ3n) is 3.18. The molecule has 0 aromatic heterocycles. The van der Waals surface area contributed by atoms with E-state index in [-0.39, 0.29) is 0 Å². The van der Waals surface area contributed by atoms with Gasteiger partial charge in [0.15, 0.2) is 0 Å². The van der Waals surface area contributed by atoms with Crippen LogP contribution >= 0.6 is 0 Å². The Kier molecular flexibility index (Phi) is 4.17. The van der Waals surface area contributed by atoms with E-state index < -0.39 is 0 Å². The quantitative estimate of drug-likeness (QED) is 0.447. The van der Waals surface area contributed by atoms with Crippen LogP contribution in [-0.2, 0) is 11.3 Å². The topological polar surface area (TPSA) is 49.6 Å². The number of rotatable bonds is 4. The van der Waals surface area contributed by atoms with E-state index in [1.165, 1.54) is 5.56 Å². The molecule has 0 amide bonds. The van der Waals surface area contributed by atoms with Crippen molar-refractivity contribution >= 4 is 19.3 Å². The maximum absolute atomic E-state index is 10.4. The van der Waals surface area contributed by atoms with Crippen LogP contribution in [0.15, 0.2) is 24.3 Å². The molecule has 1 aliphatic rings. The summed E-state index contributed by atoms with van der Waals surface area (Å²) in [5, 5.41) is 0. The van der Waals surface area contributed by atoms with Crippen molar-refractivity contribution in [1.29, 1.82) is 0 Å². The van der Waals surface area contributed by atoms with Crippen molar-refractivity contribution in [3.8, 4) is 0 Å². The zero-order valence-corrected chi connectivity index (χ0v) is 10.0. The Morgan fingerprint density at radius 2 is 1.82 bits per heavy atom. The van der Waals surface area contributed by atoms with Gasteiger partial charge in [0, 0.05) is 38.4 Å². The maximum Gasteiger partial charge on any atom is 0.281 e. The van der Waals surface area contributed by atoms with Crippen molar-refractivity contribution in [3.05, 3.63) is 29.8 Å². The first-order valence-electron chi connectivity index (χ1n) is 6.00. The van der Waals surface area contributed by atoms with E-state index in [1.54, 1.807) is 0 Å². The van der Waals surface area contributed by atoms with Crippen LogP contribution in [0.2, 0.25) is 0 Å². The normalized spacial score (nSPS) is 17.9. The Morgan fingerprint density at radius 1 is 1.18 bits per heavy atom. The first-order chi connectivity index (χ1) is 8.28. The molecule has 1 fully saturated rings. The molecule has 17 heavy (non-hydrogen) atoms. The summed E-state index contributed by atoms with van der Waals surface area (Å²) < 4.78 is 0. The van der Waals surface area contributed by atoms with Gasteiger partial charge in [0.25, 0.3) is 7.41 Å². The molecule has 0 spiro atoms. The number of piperazine rings is 1. The van der Waals surface area contributed by atoms with Crippen molar-refractivity contribution in [2.45, 2.75) is 6.54 Å². The molecule has 90 valence electrons. The zero-order valence-electron chi connectivity index (χ0n) is 10.0. The summed E-state index contributed by atoms with van der Waals surface area (Å²) in [5.41, 5.74) is 7.76. The average Bonchev–Trinajstić information content (AvgIpc) is 2.35. The van der Waals surface area contributed by atoms with Crippen LogP contribution in [0.4, 0.5) is 5.69 Å². The number of carbonyl (C=O) groups excluding carboxylic acids is 1. The van der Waals surface area contributed by atoms with E-state index in [2.05, 4.69) is 21.8 Å². The van der Waals surface area contributed by atoms with Crippen molar-refractivity contribution in [2.24, 2.45) is 0 Å². The van der Waals surface area contributed by atoms with Gasteiger partial charge in [0.1, 0.15) is 0 Å². The monoisotopic (exact) mass is 231 g/mol. The maximum atomic E-state index is 10.4. The minimum atomic E-state index is 0.565. The third kappa shape index (κ3) is 3.58. The number of hydrogen-bond acceptors (Lipinski definition) is 4. The molecule has 0 atom stereocenters. The first-order valence-corrected chi connectivity index (χ1v) is 6.00. The molecule has 4 nitrogen and oxygen atoms in total. The van der Waals surface area contributed by atoms with Crippen LogP contribution in [0, 0.1) is 0 Å². The number of carbonyl (C=O) groups is 1. The highest BCUT2D eigenvalue weighted by Crippen LogP contribution is 2.10. The number of nitrogen functional groups attached to an aromatic ring is 1. The highest BCUT2D eigenvalue weighted by molar-refractivity contribution is 6.64. The van der Waals surface area contributed by atoms with E-state index in [0.29, 0.717) is 7.41 Å². The van der Waals surface area contributed by atoms with Crippen LogP contribution in [0.3, 0.4) is 0 Å². The van der Waals surface area contributed by atoms with Crippen LogP contribution in [-0.4, -0.2) is 49.5 Å². The summed E-state index contributed by atoms with van der Waals surface area (Å²) in [5.74, 6) is 0. The molecule has 0 bridgehead atoms. The van der Waals surface area contributed by atoms with Crippen molar-refractivity contribution < 1.29 is 4.79 Å². The Labute approximate surface area is 103 Å². The molecule has 0 radical (unpaired) electrons. The second-order valence-electron chi connectivity index (χ2n) is 4.49. The SMILES string of the molecule is Nc1ccc(CN2CCN(BC=O)CC2)cc1. The minimum Gasteiger partial charge on any atom is -0.399 e. The predicted octanol–water partition coefficient (Wildman–Crippen LogP) is -0.0719. The lowest BCUT2D eigenvalue weighted by atomic mass is 9.93. The van der Waals surface area contributed by atoms with Gasteiger partial charge in [-0.2, -0.15) is 0 Å². The minimum absolute atomic E-state index is 0.565. The number of nitrogens with two attached hydrogens (primary N) is 1. The number of hydrogen-bond donors (Lipinski definition) is 1. The molecule has 0 aliphatic carbocycles. The Morgan fingerprint density at radius 3 is 2.41 bits per heavy atom. The van der Waals surface area contributed by atoms with Gasteiger partial charge in [-0.1, -0.05) is 12.1 Å². The van der Waals surface area contributed by atoms with Gasteiger partial charge in [0.2, 0.25) is 0 Å². The molecule has 1 saturated heterocycles. The van der Waals surface area contributed by atoms with Gasteiger partial charge in [-0.25, -0.2) is 0 Å². The Balaban J connectivity index is 1.81. The molecular weight excluding hydrogens is 213 g/mol. The van der Waals surface area contributed by atoms with Gasteiger partial charge >= 0.3 is 0 Å². The number of nitrogens with zero attached hydrogens (tertiary/aromatic N) is 2. The van der Waals surface area contributed by atoms with E-state index in [0.717, 1.165) is 44.6 Å². The van der Waals surface area contributed by atoms with E-state index >= 15 is 0 Å². The largest absolute Gasteiger partial charge is 0.399 e.